The van der Waals surface area contributed by atoms with E-state index in [1.54, 1.807) is 0 Å². The Bertz CT molecular complexity index is 679. The van der Waals surface area contributed by atoms with E-state index in [0.717, 1.165) is 45.3 Å². The highest BCUT2D eigenvalue weighted by molar-refractivity contribution is 7.60. The lowest BCUT2D eigenvalue weighted by Gasteiger charge is -2.54. The van der Waals surface area contributed by atoms with E-state index in [1.165, 1.54) is 38.5 Å². The molecule has 0 aromatic heterocycles. The predicted molar refractivity (Wildman–Crippen MR) is 117 cm³/mol. The van der Waals surface area contributed by atoms with Crippen LogP contribution in [0.3, 0.4) is 0 Å². The molecule has 3 saturated carbocycles. The Morgan fingerprint density at radius 2 is 1.42 bits per heavy atom. The van der Waals surface area contributed by atoms with Crippen LogP contribution in [0.15, 0.2) is 0 Å². The Balaban J connectivity index is 1.25. The fourth-order valence-corrected chi connectivity index (χ4v) is 11.2. The first-order valence-corrected chi connectivity index (χ1v) is 14.7. The lowest BCUT2D eigenvalue weighted by atomic mass is 9.71. The van der Waals surface area contributed by atoms with Crippen molar-refractivity contribution in [3.8, 4) is 0 Å². The first kappa shape index (κ1) is 21.6. The maximum absolute atomic E-state index is 15.0. The molecule has 0 aromatic carbocycles. The smallest absolute Gasteiger partial charge is 0.212 e. The highest BCUT2D eigenvalue weighted by Gasteiger charge is 2.58. The fourth-order valence-electron chi connectivity index (χ4n) is 7.06. The van der Waals surface area contributed by atoms with Gasteiger partial charge in [-0.05, 0) is 56.8 Å². The molecule has 31 heavy (non-hydrogen) atoms. The standard InChI is InChI=1S/C24H39O6P/c25-31(23-8-4-2-6-20(23)19-5-1-3-7-21(19)30-31)24-11-16(26-12-17-13-27-17)9-10-22(24)29-15-18-14-28-18/h16-24H,1-15H2. The van der Waals surface area contributed by atoms with Gasteiger partial charge in [-0.15, -0.1) is 0 Å². The lowest BCUT2D eigenvalue weighted by Crippen LogP contribution is -2.50. The first-order valence-electron chi connectivity index (χ1n) is 12.9. The monoisotopic (exact) mass is 454 g/mol. The molecule has 10 unspecified atom stereocenters. The summed E-state index contributed by atoms with van der Waals surface area (Å²) in [6, 6.07) is 0. The van der Waals surface area contributed by atoms with Crippen LogP contribution in [-0.4, -0.2) is 68.3 Å². The minimum Gasteiger partial charge on any atom is -0.375 e. The van der Waals surface area contributed by atoms with Crippen LogP contribution in [0.1, 0.15) is 70.6 Å². The quantitative estimate of drug-likeness (QED) is 0.416. The van der Waals surface area contributed by atoms with Gasteiger partial charge in [0.15, 0.2) is 0 Å². The van der Waals surface area contributed by atoms with Gasteiger partial charge in [0.25, 0.3) is 0 Å². The van der Waals surface area contributed by atoms with E-state index >= 15 is 0 Å². The molecule has 6 aliphatic rings. The van der Waals surface area contributed by atoms with Crippen LogP contribution in [-0.2, 0) is 28.0 Å². The zero-order valence-corrected chi connectivity index (χ0v) is 19.6. The molecule has 0 bridgehead atoms. The van der Waals surface area contributed by atoms with Crippen LogP contribution in [0.5, 0.6) is 0 Å². The highest BCUT2D eigenvalue weighted by atomic mass is 31.2. The Labute approximate surface area is 186 Å². The summed E-state index contributed by atoms with van der Waals surface area (Å²) in [6.07, 6.45) is 13.2. The van der Waals surface area contributed by atoms with E-state index in [9.17, 15) is 4.57 Å². The molecule has 0 amide bonds. The Hall–Kier alpha value is 0.0300. The van der Waals surface area contributed by atoms with Crippen LogP contribution >= 0.6 is 7.37 Å². The molecule has 10 atom stereocenters. The zero-order valence-electron chi connectivity index (χ0n) is 18.7. The van der Waals surface area contributed by atoms with Gasteiger partial charge < -0.3 is 23.5 Å². The molecular formula is C24H39O6P. The Kier molecular flexibility index (Phi) is 6.26. The van der Waals surface area contributed by atoms with E-state index in [0.29, 0.717) is 25.0 Å². The van der Waals surface area contributed by atoms with Gasteiger partial charge in [0.1, 0.15) is 12.2 Å². The van der Waals surface area contributed by atoms with Crippen molar-refractivity contribution in [2.24, 2.45) is 11.8 Å². The number of ether oxygens (including phenoxy) is 4. The molecule has 3 aliphatic heterocycles. The molecule has 0 N–H and O–H groups in total. The summed E-state index contributed by atoms with van der Waals surface area (Å²) in [4.78, 5) is 0. The second-order valence-electron chi connectivity index (χ2n) is 10.9. The summed E-state index contributed by atoms with van der Waals surface area (Å²) in [5, 5.41) is 0. The van der Waals surface area contributed by atoms with Gasteiger partial charge in [0.2, 0.25) is 7.37 Å². The van der Waals surface area contributed by atoms with Crippen molar-refractivity contribution < 1.29 is 28.0 Å². The summed E-state index contributed by atoms with van der Waals surface area (Å²) in [6.45, 7) is 2.91. The molecule has 3 heterocycles. The van der Waals surface area contributed by atoms with Crippen LogP contribution < -0.4 is 0 Å². The lowest BCUT2D eigenvalue weighted by molar-refractivity contribution is -0.0441. The molecule has 6 rings (SSSR count). The second-order valence-corrected chi connectivity index (χ2v) is 13.7. The molecule has 176 valence electrons. The topological polar surface area (TPSA) is 69.8 Å². The number of rotatable bonds is 7. The second kappa shape index (κ2) is 9.00. The van der Waals surface area contributed by atoms with Crippen molar-refractivity contribution >= 4 is 7.37 Å². The summed E-state index contributed by atoms with van der Waals surface area (Å²) in [7, 11) is -2.85. The average molecular weight is 455 g/mol. The van der Waals surface area contributed by atoms with Crippen molar-refractivity contribution in [1.82, 2.24) is 0 Å². The number of hydrogen-bond donors (Lipinski definition) is 0. The molecule has 0 radical (unpaired) electrons. The van der Waals surface area contributed by atoms with Crippen LogP contribution in [0.2, 0.25) is 0 Å². The highest BCUT2D eigenvalue weighted by Crippen LogP contribution is 2.70. The molecule has 0 aromatic rings. The van der Waals surface area contributed by atoms with Crippen molar-refractivity contribution in [1.29, 1.82) is 0 Å². The van der Waals surface area contributed by atoms with Crippen LogP contribution in [0.25, 0.3) is 0 Å². The normalized spacial score (nSPS) is 51.5. The summed E-state index contributed by atoms with van der Waals surface area (Å²) in [5.74, 6) is 1.22. The van der Waals surface area contributed by atoms with Crippen molar-refractivity contribution in [2.45, 2.75) is 112 Å². The molecule has 6 fully saturated rings. The molecule has 3 saturated heterocycles. The molecule has 3 aliphatic carbocycles. The zero-order chi connectivity index (χ0) is 20.8. The third-order valence-corrected chi connectivity index (χ3v) is 12.5. The number of fused-ring (bicyclic) bond motifs is 3. The van der Waals surface area contributed by atoms with Gasteiger partial charge in [0.05, 0.1) is 50.4 Å². The van der Waals surface area contributed by atoms with Gasteiger partial charge in [-0.2, -0.15) is 0 Å². The number of hydrogen-bond acceptors (Lipinski definition) is 6. The summed E-state index contributed by atoms with van der Waals surface area (Å²) >= 11 is 0. The fraction of sp³-hybridized carbons (Fsp3) is 1.00. The molecular weight excluding hydrogens is 415 g/mol. The number of epoxide rings is 2. The van der Waals surface area contributed by atoms with E-state index in [4.69, 9.17) is 23.5 Å². The van der Waals surface area contributed by atoms with Gasteiger partial charge in [-0.25, -0.2) is 0 Å². The third-order valence-electron chi connectivity index (χ3n) is 8.84. The minimum atomic E-state index is -2.85. The van der Waals surface area contributed by atoms with Gasteiger partial charge in [-0.1, -0.05) is 25.7 Å². The predicted octanol–water partition coefficient (Wildman–Crippen LogP) is 4.53. The van der Waals surface area contributed by atoms with Gasteiger partial charge >= 0.3 is 0 Å². The van der Waals surface area contributed by atoms with Crippen molar-refractivity contribution in [3.63, 3.8) is 0 Å². The SMILES string of the molecule is O=P1(C2CC(OCC3CO3)CCC2OCC2CO2)OC2CCCCC2C2CCCCC21. The van der Waals surface area contributed by atoms with E-state index < -0.39 is 7.37 Å². The summed E-state index contributed by atoms with van der Waals surface area (Å²) in [5.41, 5.74) is 0.206. The van der Waals surface area contributed by atoms with E-state index in [-0.39, 0.29) is 41.8 Å². The maximum Gasteiger partial charge on any atom is 0.212 e. The van der Waals surface area contributed by atoms with Gasteiger partial charge in [-0.3, -0.25) is 4.57 Å². The van der Waals surface area contributed by atoms with E-state index in [2.05, 4.69) is 0 Å². The van der Waals surface area contributed by atoms with Crippen molar-refractivity contribution in [3.05, 3.63) is 0 Å². The largest absolute Gasteiger partial charge is 0.375 e. The molecule has 7 heteroatoms. The Morgan fingerprint density at radius 1 is 0.742 bits per heavy atom. The third kappa shape index (κ3) is 4.55. The summed E-state index contributed by atoms with van der Waals surface area (Å²) < 4.78 is 45.1. The molecule has 6 nitrogen and oxygen atoms in total. The average Bonchev–Trinajstić information content (AvgIpc) is 3.72. The minimum absolute atomic E-state index is 0.00905. The van der Waals surface area contributed by atoms with Crippen molar-refractivity contribution in [2.75, 3.05) is 26.4 Å². The van der Waals surface area contributed by atoms with Crippen LogP contribution in [0, 0.1) is 11.8 Å². The first-order chi connectivity index (χ1) is 15.2. The maximum atomic E-state index is 15.0. The van der Waals surface area contributed by atoms with E-state index in [1.807, 2.05) is 0 Å². The van der Waals surface area contributed by atoms with Crippen LogP contribution in [0.4, 0.5) is 0 Å². The van der Waals surface area contributed by atoms with Gasteiger partial charge in [0, 0.05) is 5.66 Å². The Morgan fingerprint density at radius 3 is 2.19 bits per heavy atom. The molecule has 0 spiro atoms.